The molecule has 6 atom stereocenters. The minimum absolute atomic E-state index is 0.0119. The summed E-state index contributed by atoms with van der Waals surface area (Å²) in [5, 5.41) is 9.83. The van der Waals surface area contributed by atoms with Crippen LogP contribution in [0.25, 0.3) is 0 Å². The largest absolute Gasteiger partial charge is 0.491 e. The lowest BCUT2D eigenvalue weighted by Gasteiger charge is -2.46. The second-order valence-corrected chi connectivity index (χ2v) is 17.7. The number of hydrogen-bond acceptors (Lipinski definition) is 10. The number of carbonyl (C=O) groups is 4. The van der Waals surface area contributed by atoms with E-state index < -0.39 is 53.5 Å². The number of fused-ring (bicyclic) bond motifs is 3. The van der Waals surface area contributed by atoms with Crippen LogP contribution in [0, 0.1) is 17.8 Å². The molecule has 0 aromatic heterocycles. The minimum atomic E-state index is -1.94. The first-order valence-corrected chi connectivity index (χ1v) is 23.4. The number of imide groups is 1. The van der Waals surface area contributed by atoms with Gasteiger partial charge in [-0.25, -0.2) is 9.69 Å². The monoisotopic (exact) mass is 891 g/mol. The molecular formula is C54H57N3O9. The molecule has 342 valence electrons. The maximum Gasteiger partial charge on any atom is 0.421 e. The van der Waals surface area contributed by atoms with E-state index in [4.69, 9.17) is 18.9 Å². The molecule has 3 fully saturated rings. The topological polar surface area (TPSA) is 135 Å². The molecule has 66 heavy (non-hydrogen) atoms. The number of nitrogens with zero attached hydrogens (tertiary/aromatic N) is 3. The van der Waals surface area contributed by atoms with Crippen molar-refractivity contribution in [2.75, 3.05) is 51.5 Å². The smallest absolute Gasteiger partial charge is 0.421 e. The van der Waals surface area contributed by atoms with Gasteiger partial charge < -0.3 is 29.0 Å². The Balaban J connectivity index is 1.36. The maximum absolute atomic E-state index is 16.5. The quantitative estimate of drug-likeness (QED) is 0.0945. The number of hydrogen-bond donors (Lipinski definition) is 1. The lowest BCUT2D eigenvalue weighted by atomic mass is 9.64. The van der Waals surface area contributed by atoms with Crippen LogP contribution in [0.1, 0.15) is 104 Å². The maximum atomic E-state index is 16.5. The Morgan fingerprint density at radius 1 is 0.773 bits per heavy atom. The van der Waals surface area contributed by atoms with Crippen LogP contribution >= 0.6 is 0 Å². The van der Waals surface area contributed by atoms with Gasteiger partial charge in [-0.05, 0) is 96.7 Å². The van der Waals surface area contributed by atoms with Crippen molar-refractivity contribution in [3.05, 3.63) is 143 Å². The standard InChI is InChI=1S/C54H57N3O9/c1-63-33-34-65-53(62)56-44-28-27-38(26-25-37-17-8-5-9-18-37)35-43(44)54(52(56)61)45(50(59)55-29-14-3-2-4-15-30-55)47-51(60)66-48(40-21-12-7-13-22-40)46(39-19-10-6-11-20-39)57(47)49(54)41-23-16-24-42(36-41)64-32-31-58/h6-7,10-13,16-17,19-24,27-28,35-36,45-49,58H,2-5,8-9,14-15,18,29-34H2,1H3/t45-,46-,47-,48+,49+,54-/m1/s1. The molecule has 3 saturated heterocycles. The molecule has 0 radical (unpaired) electrons. The highest BCUT2D eigenvalue weighted by Crippen LogP contribution is 2.66. The van der Waals surface area contributed by atoms with E-state index in [1.165, 1.54) is 7.11 Å². The third-order valence-corrected chi connectivity index (χ3v) is 13.8. The Kier molecular flexibility index (Phi) is 13.7. The van der Waals surface area contributed by atoms with Gasteiger partial charge in [-0.2, -0.15) is 0 Å². The molecule has 4 aromatic carbocycles. The molecule has 9 rings (SSSR count). The fourth-order valence-electron chi connectivity index (χ4n) is 10.9. The molecule has 3 amide bonds. The van der Waals surface area contributed by atoms with E-state index in [0.29, 0.717) is 35.5 Å². The second kappa shape index (κ2) is 20.1. The summed E-state index contributed by atoms with van der Waals surface area (Å²) in [6, 6.07) is 28.8. The first-order valence-electron chi connectivity index (χ1n) is 23.4. The summed E-state index contributed by atoms with van der Waals surface area (Å²) in [6.07, 6.45) is 8.82. The first-order chi connectivity index (χ1) is 32.4. The second-order valence-electron chi connectivity index (χ2n) is 17.7. The van der Waals surface area contributed by atoms with Gasteiger partial charge in [-0.1, -0.05) is 110 Å². The lowest BCUT2D eigenvalue weighted by molar-refractivity contribution is -0.179. The van der Waals surface area contributed by atoms with E-state index in [9.17, 15) is 9.90 Å². The number of anilines is 1. The molecule has 1 spiro atoms. The number of carbonyl (C=O) groups excluding carboxylic acids is 4. The van der Waals surface area contributed by atoms with Gasteiger partial charge in [-0.3, -0.25) is 19.3 Å². The highest BCUT2D eigenvalue weighted by Gasteiger charge is 2.76. The van der Waals surface area contributed by atoms with Crippen molar-refractivity contribution < 1.29 is 43.2 Å². The Labute approximate surface area is 386 Å². The number of cyclic esters (lactones) is 1. The van der Waals surface area contributed by atoms with Crippen molar-refractivity contribution in [2.24, 2.45) is 5.92 Å². The number of benzene rings is 4. The van der Waals surface area contributed by atoms with E-state index >= 15 is 14.4 Å². The predicted octanol–water partition coefficient (Wildman–Crippen LogP) is 8.15. The zero-order chi connectivity index (χ0) is 45.6. The number of allylic oxidation sites excluding steroid dienone is 2. The number of aliphatic hydroxyl groups is 1. The molecule has 12 heteroatoms. The Morgan fingerprint density at radius 2 is 1.50 bits per heavy atom. The summed E-state index contributed by atoms with van der Waals surface area (Å²) < 4.78 is 23.7. The van der Waals surface area contributed by atoms with Gasteiger partial charge in [0.05, 0.1) is 36.9 Å². The van der Waals surface area contributed by atoms with Crippen LogP contribution < -0.4 is 9.64 Å². The summed E-state index contributed by atoms with van der Waals surface area (Å²) in [5.41, 5.74) is 2.44. The summed E-state index contributed by atoms with van der Waals surface area (Å²) in [7, 11) is 1.49. The van der Waals surface area contributed by atoms with Crippen LogP contribution in [-0.4, -0.2) is 91.5 Å². The van der Waals surface area contributed by atoms with E-state index in [2.05, 4.69) is 17.9 Å². The molecule has 0 unspecified atom stereocenters. The highest BCUT2D eigenvalue weighted by atomic mass is 16.6. The normalized spacial score (nSPS) is 25.1. The number of morpholine rings is 1. The Bertz CT molecular complexity index is 2510. The van der Waals surface area contributed by atoms with E-state index in [1.807, 2.05) is 94.7 Å². The summed E-state index contributed by atoms with van der Waals surface area (Å²) >= 11 is 0. The fourth-order valence-corrected chi connectivity index (χ4v) is 10.9. The molecule has 4 aromatic rings. The summed E-state index contributed by atoms with van der Waals surface area (Å²) in [4.78, 5) is 67.7. The van der Waals surface area contributed by atoms with E-state index in [-0.39, 0.29) is 38.0 Å². The molecule has 0 saturated carbocycles. The van der Waals surface area contributed by atoms with Crippen molar-refractivity contribution in [1.82, 2.24) is 9.80 Å². The number of amides is 3. The van der Waals surface area contributed by atoms with Crippen molar-refractivity contribution in [1.29, 1.82) is 0 Å². The van der Waals surface area contributed by atoms with Crippen molar-refractivity contribution >= 4 is 29.6 Å². The number of likely N-dealkylation sites (tertiary alicyclic amines) is 1. The van der Waals surface area contributed by atoms with Crippen LogP contribution in [0.15, 0.2) is 115 Å². The van der Waals surface area contributed by atoms with Gasteiger partial charge in [0.25, 0.3) is 0 Å². The molecule has 0 bridgehead atoms. The number of ether oxygens (including phenoxy) is 4. The van der Waals surface area contributed by atoms with Crippen LogP contribution in [0.2, 0.25) is 0 Å². The van der Waals surface area contributed by atoms with Gasteiger partial charge in [0, 0.05) is 25.8 Å². The average Bonchev–Trinajstić information content (AvgIpc) is 3.79. The molecular weight excluding hydrogens is 835 g/mol. The van der Waals surface area contributed by atoms with Crippen LogP contribution in [-0.2, 0) is 34.0 Å². The number of esters is 1. The Hall–Kier alpha value is -6.26. The number of rotatable bonds is 10. The molecule has 5 aliphatic rings. The third kappa shape index (κ3) is 8.40. The summed E-state index contributed by atoms with van der Waals surface area (Å²) in [6.45, 7) is 0.642. The molecule has 4 heterocycles. The Morgan fingerprint density at radius 3 is 2.21 bits per heavy atom. The molecule has 1 N–H and O–H groups in total. The van der Waals surface area contributed by atoms with Gasteiger partial charge in [-0.15, -0.1) is 0 Å². The van der Waals surface area contributed by atoms with Crippen LogP contribution in [0.3, 0.4) is 0 Å². The van der Waals surface area contributed by atoms with Crippen molar-refractivity contribution in [3.8, 4) is 17.6 Å². The van der Waals surface area contributed by atoms with Gasteiger partial charge >= 0.3 is 12.1 Å². The third-order valence-electron chi connectivity index (χ3n) is 13.8. The zero-order valence-corrected chi connectivity index (χ0v) is 37.4. The highest BCUT2D eigenvalue weighted by molar-refractivity contribution is 6.23. The van der Waals surface area contributed by atoms with Crippen LogP contribution in [0.4, 0.5) is 10.5 Å². The number of methoxy groups -OCH3 is 1. The SMILES string of the molecule is COCCOC(=O)N1C(=O)[C@@]2(c3cc(C#CC4=CCCCC4)ccc31)[C@H](c1cccc(OCCO)c1)N1[C@H](c3ccccc3)[C@H](c3ccccc3)OC(=O)[C@H]1[C@@H]2C(=O)N1CCCCCCC1. The van der Waals surface area contributed by atoms with E-state index in [0.717, 1.165) is 79.4 Å². The molecule has 1 aliphatic carbocycles. The van der Waals surface area contributed by atoms with E-state index in [1.54, 1.807) is 18.2 Å². The lowest BCUT2D eigenvalue weighted by Crippen LogP contribution is -2.56. The predicted molar refractivity (Wildman–Crippen MR) is 247 cm³/mol. The van der Waals surface area contributed by atoms with Gasteiger partial charge in [0.2, 0.25) is 11.8 Å². The molecule has 12 nitrogen and oxygen atoms in total. The average molecular weight is 892 g/mol. The molecule has 4 aliphatic heterocycles. The van der Waals surface area contributed by atoms with Crippen molar-refractivity contribution in [2.45, 2.75) is 87.4 Å². The van der Waals surface area contributed by atoms with Gasteiger partial charge in [0.15, 0.2) is 0 Å². The van der Waals surface area contributed by atoms with Crippen molar-refractivity contribution in [3.63, 3.8) is 0 Å². The fraction of sp³-hybridized carbons (Fsp3) is 0.407. The first kappa shape index (κ1) is 44.9. The van der Waals surface area contributed by atoms with Crippen LogP contribution in [0.5, 0.6) is 5.75 Å². The number of aliphatic hydroxyl groups excluding tert-OH is 1. The summed E-state index contributed by atoms with van der Waals surface area (Å²) in [5.74, 6) is 4.09. The minimum Gasteiger partial charge on any atom is -0.491 e. The van der Waals surface area contributed by atoms with Gasteiger partial charge in [0.1, 0.15) is 36.5 Å². The zero-order valence-electron chi connectivity index (χ0n) is 37.4.